The fraction of sp³-hybridized carbons (Fsp3) is 0.0976. The zero-order chi connectivity index (χ0) is 30.3. The number of nitrogens with zero attached hydrogens (tertiary/aromatic N) is 1. The summed E-state index contributed by atoms with van der Waals surface area (Å²) in [4.78, 5) is 15.3. The maximum absolute atomic E-state index is 13.1. The molecule has 0 heterocycles. The van der Waals surface area contributed by atoms with E-state index in [0.29, 0.717) is 17.2 Å². The predicted molar refractivity (Wildman–Crippen MR) is 181 cm³/mol. The van der Waals surface area contributed by atoms with Crippen molar-refractivity contribution in [1.82, 2.24) is 0 Å². The largest absolute Gasteiger partial charge is 0.423 e. The molecule has 3 heteroatoms. The first kappa shape index (κ1) is 28.7. The third-order valence-electron chi connectivity index (χ3n) is 7.80. The van der Waals surface area contributed by atoms with Crippen LogP contribution in [-0.2, 0) is 6.42 Å². The van der Waals surface area contributed by atoms with E-state index in [0.717, 1.165) is 29.0 Å². The van der Waals surface area contributed by atoms with Crippen LogP contribution in [0.25, 0.3) is 11.1 Å². The molecule has 0 aliphatic heterocycles. The maximum atomic E-state index is 13.1. The van der Waals surface area contributed by atoms with Gasteiger partial charge < -0.3 is 9.64 Å². The van der Waals surface area contributed by atoms with Crippen LogP contribution < -0.4 is 9.64 Å². The van der Waals surface area contributed by atoms with Gasteiger partial charge in [0.05, 0.1) is 5.56 Å². The van der Waals surface area contributed by atoms with E-state index in [1.807, 2.05) is 91.0 Å². The molecule has 6 aromatic carbocycles. The summed E-state index contributed by atoms with van der Waals surface area (Å²) >= 11 is 0. The molecule has 0 aliphatic carbocycles. The highest BCUT2D eigenvalue weighted by atomic mass is 16.5. The Morgan fingerprint density at radius 2 is 1.16 bits per heavy atom. The van der Waals surface area contributed by atoms with Gasteiger partial charge in [-0.2, -0.15) is 0 Å². The summed E-state index contributed by atoms with van der Waals surface area (Å²) in [6.07, 6.45) is 0.854. The summed E-state index contributed by atoms with van der Waals surface area (Å²) in [5.74, 6) is 0.558. The number of anilines is 3. The Kier molecular flexibility index (Phi) is 8.65. The standard InChI is InChI=1S/C41H35NO2/c1-30(2)34-18-19-35(28-31-12-6-3-7-13-31)40(29-34)32-22-26-39(27-23-32)44-41(43)33-20-24-38(25-21-33)42(36-14-8-4-9-15-36)37-16-10-5-11-17-37/h3-27,29-30H,28H2,1-2H3. The first-order valence-electron chi connectivity index (χ1n) is 15.0. The number of esters is 1. The van der Waals surface area contributed by atoms with Crippen molar-refractivity contribution >= 4 is 23.0 Å². The van der Waals surface area contributed by atoms with E-state index in [9.17, 15) is 4.79 Å². The van der Waals surface area contributed by atoms with Crippen molar-refractivity contribution in [3.8, 4) is 16.9 Å². The van der Waals surface area contributed by atoms with E-state index in [4.69, 9.17) is 4.74 Å². The average molecular weight is 574 g/mol. The molecule has 0 atom stereocenters. The highest BCUT2D eigenvalue weighted by Gasteiger charge is 2.15. The van der Waals surface area contributed by atoms with Crippen LogP contribution in [0.15, 0.2) is 158 Å². The van der Waals surface area contributed by atoms with Gasteiger partial charge in [-0.15, -0.1) is 0 Å². The Balaban J connectivity index is 1.20. The first-order valence-corrected chi connectivity index (χ1v) is 15.0. The molecule has 6 rings (SSSR count). The van der Waals surface area contributed by atoms with Crippen LogP contribution >= 0.6 is 0 Å². The summed E-state index contributed by atoms with van der Waals surface area (Å²) in [7, 11) is 0. The van der Waals surface area contributed by atoms with Crippen molar-refractivity contribution in [2.45, 2.75) is 26.2 Å². The van der Waals surface area contributed by atoms with Crippen molar-refractivity contribution in [3.05, 3.63) is 180 Å². The second-order valence-corrected chi connectivity index (χ2v) is 11.2. The minimum atomic E-state index is -0.387. The Hall–Kier alpha value is -5.41. The Morgan fingerprint density at radius 1 is 0.614 bits per heavy atom. The van der Waals surface area contributed by atoms with E-state index < -0.39 is 0 Å². The molecule has 216 valence electrons. The van der Waals surface area contributed by atoms with Gasteiger partial charge in [-0.05, 0) is 101 Å². The number of para-hydroxylation sites is 2. The number of hydrogen-bond donors (Lipinski definition) is 0. The monoisotopic (exact) mass is 573 g/mol. The Bertz CT molecular complexity index is 1770. The quantitative estimate of drug-likeness (QED) is 0.127. The number of ether oxygens (including phenoxy) is 1. The lowest BCUT2D eigenvalue weighted by Crippen LogP contribution is -2.11. The predicted octanol–water partition coefficient (Wildman–Crippen LogP) is 10.8. The van der Waals surface area contributed by atoms with Gasteiger partial charge in [-0.3, -0.25) is 0 Å². The van der Waals surface area contributed by atoms with E-state index in [1.165, 1.54) is 22.3 Å². The van der Waals surface area contributed by atoms with Gasteiger partial charge in [0.1, 0.15) is 5.75 Å². The van der Waals surface area contributed by atoms with Crippen LogP contribution in [0.3, 0.4) is 0 Å². The van der Waals surface area contributed by atoms with Crippen LogP contribution in [0.4, 0.5) is 17.1 Å². The maximum Gasteiger partial charge on any atom is 0.343 e. The molecule has 0 fully saturated rings. The van der Waals surface area contributed by atoms with Crippen LogP contribution in [0.5, 0.6) is 5.75 Å². The molecule has 0 aromatic heterocycles. The average Bonchev–Trinajstić information content (AvgIpc) is 3.07. The molecular formula is C41H35NO2. The van der Waals surface area contributed by atoms with E-state index in [2.05, 4.69) is 85.5 Å². The van der Waals surface area contributed by atoms with Crippen molar-refractivity contribution in [2.75, 3.05) is 4.90 Å². The second kappa shape index (κ2) is 13.3. The first-order chi connectivity index (χ1) is 21.5. The third kappa shape index (κ3) is 6.63. The lowest BCUT2D eigenvalue weighted by atomic mass is 9.90. The molecule has 0 N–H and O–H groups in total. The van der Waals surface area contributed by atoms with E-state index in [1.54, 1.807) is 0 Å². The van der Waals surface area contributed by atoms with Crippen molar-refractivity contribution in [2.24, 2.45) is 0 Å². The summed E-state index contributed by atoms with van der Waals surface area (Å²) in [5.41, 5.74) is 9.68. The topological polar surface area (TPSA) is 29.5 Å². The summed E-state index contributed by atoms with van der Waals surface area (Å²) in [5, 5.41) is 0. The van der Waals surface area contributed by atoms with Gasteiger partial charge in [-0.1, -0.05) is 111 Å². The van der Waals surface area contributed by atoms with Crippen LogP contribution in [0, 0.1) is 0 Å². The number of hydrogen-bond acceptors (Lipinski definition) is 3. The molecule has 0 spiro atoms. The summed E-state index contributed by atoms with van der Waals surface area (Å²) in [6, 6.07) is 53.1. The molecule has 0 unspecified atom stereocenters. The molecule has 0 bridgehead atoms. The summed E-state index contributed by atoms with van der Waals surface area (Å²) < 4.78 is 5.80. The molecule has 0 saturated heterocycles. The van der Waals surface area contributed by atoms with Gasteiger partial charge in [0, 0.05) is 17.1 Å². The normalized spacial score (nSPS) is 10.9. The minimum absolute atomic E-state index is 0.387. The minimum Gasteiger partial charge on any atom is -0.423 e. The molecule has 6 aromatic rings. The van der Waals surface area contributed by atoms with E-state index >= 15 is 0 Å². The fourth-order valence-electron chi connectivity index (χ4n) is 5.41. The van der Waals surface area contributed by atoms with Gasteiger partial charge in [0.15, 0.2) is 0 Å². The number of carbonyl (C=O) groups excluding carboxylic acids is 1. The number of carbonyl (C=O) groups is 1. The molecule has 0 aliphatic rings. The highest BCUT2D eigenvalue weighted by molar-refractivity contribution is 5.92. The van der Waals surface area contributed by atoms with Crippen LogP contribution in [0.2, 0.25) is 0 Å². The molecule has 0 saturated carbocycles. The SMILES string of the molecule is CC(C)c1ccc(Cc2ccccc2)c(-c2ccc(OC(=O)c3ccc(N(c4ccccc4)c4ccccc4)cc3)cc2)c1. The van der Waals surface area contributed by atoms with Gasteiger partial charge in [0.25, 0.3) is 0 Å². The zero-order valence-corrected chi connectivity index (χ0v) is 25.1. The third-order valence-corrected chi connectivity index (χ3v) is 7.80. The van der Waals surface area contributed by atoms with E-state index in [-0.39, 0.29) is 5.97 Å². The lowest BCUT2D eigenvalue weighted by Gasteiger charge is -2.25. The molecule has 0 amide bonds. The summed E-state index contributed by atoms with van der Waals surface area (Å²) in [6.45, 7) is 4.43. The highest BCUT2D eigenvalue weighted by Crippen LogP contribution is 2.35. The van der Waals surface area contributed by atoms with Gasteiger partial charge in [0.2, 0.25) is 0 Å². The molecule has 3 nitrogen and oxygen atoms in total. The Labute approximate surface area is 260 Å². The van der Waals surface area contributed by atoms with Crippen molar-refractivity contribution in [1.29, 1.82) is 0 Å². The lowest BCUT2D eigenvalue weighted by molar-refractivity contribution is 0.0735. The number of rotatable bonds is 9. The Morgan fingerprint density at radius 3 is 1.73 bits per heavy atom. The molecular weight excluding hydrogens is 538 g/mol. The van der Waals surface area contributed by atoms with Gasteiger partial charge in [-0.25, -0.2) is 4.79 Å². The smallest absolute Gasteiger partial charge is 0.343 e. The van der Waals surface area contributed by atoms with Crippen LogP contribution in [0.1, 0.15) is 46.8 Å². The van der Waals surface area contributed by atoms with Crippen molar-refractivity contribution in [3.63, 3.8) is 0 Å². The molecule has 44 heavy (non-hydrogen) atoms. The fourth-order valence-corrected chi connectivity index (χ4v) is 5.41. The van der Waals surface area contributed by atoms with Crippen molar-refractivity contribution < 1.29 is 9.53 Å². The zero-order valence-electron chi connectivity index (χ0n) is 25.1. The number of benzene rings is 6. The second-order valence-electron chi connectivity index (χ2n) is 11.2. The van der Waals surface area contributed by atoms with Gasteiger partial charge >= 0.3 is 5.97 Å². The van der Waals surface area contributed by atoms with Crippen LogP contribution in [-0.4, -0.2) is 5.97 Å². The molecule has 0 radical (unpaired) electrons.